The van der Waals surface area contributed by atoms with E-state index in [2.05, 4.69) is 25.7 Å². The van der Waals surface area contributed by atoms with E-state index in [1.807, 2.05) is 0 Å². The minimum absolute atomic E-state index is 0.850. The number of likely N-dealkylation sites (N-methyl/N-ethyl adjacent to an activating group) is 1. The minimum Gasteiger partial charge on any atom is -0.380 e. The Morgan fingerprint density at radius 3 is 1.53 bits per heavy atom. The Morgan fingerprint density at radius 2 is 1.18 bits per heavy atom. The van der Waals surface area contributed by atoms with Gasteiger partial charge in [0.25, 0.3) is 0 Å². The summed E-state index contributed by atoms with van der Waals surface area (Å²) in [7, 11) is 0. The molecule has 0 fully saturated rings. The molecule has 3 nitrogen and oxygen atoms in total. The molecule has 17 heavy (non-hydrogen) atoms. The zero-order valence-electron chi connectivity index (χ0n) is 12.0. The van der Waals surface area contributed by atoms with Crippen LogP contribution in [0, 0.1) is 0 Å². The summed E-state index contributed by atoms with van der Waals surface area (Å²) in [4.78, 5) is 2.39. The lowest BCUT2D eigenvalue weighted by Crippen LogP contribution is -2.31. The van der Waals surface area contributed by atoms with E-state index >= 15 is 0 Å². The Kier molecular flexibility index (Phi) is 13.8. The Balaban J connectivity index is 3.30. The lowest BCUT2D eigenvalue weighted by atomic mass is 10.4. The maximum Gasteiger partial charge on any atom is 0.0593 e. The minimum atomic E-state index is 0.850. The summed E-state index contributed by atoms with van der Waals surface area (Å²) in [5, 5.41) is 0. The average molecular weight is 245 g/mol. The molecule has 0 spiro atoms. The van der Waals surface area contributed by atoms with Crippen molar-refractivity contribution in [2.45, 2.75) is 46.5 Å². The Labute approximate surface area is 107 Å². The predicted molar refractivity (Wildman–Crippen MR) is 73.6 cm³/mol. The van der Waals surface area contributed by atoms with Gasteiger partial charge in [-0.1, -0.05) is 33.6 Å². The first-order valence-corrected chi connectivity index (χ1v) is 7.22. The highest BCUT2D eigenvalue weighted by molar-refractivity contribution is 4.54. The second-order valence-electron chi connectivity index (χ2n) is 4.37. The van der Waals surface area contributed by atoms with Crippen LogP contribution in [0.1, 0.15) is 46.5 Å². The first-order valence-electron chi connectivity index (χ1n) is 7.22. The second kappa shape index (κ2) is 13.9. The smallest absolute Gasteiger partial charge is 0.0593 e. The van der Waals surface area contributed by atoms with Crippen LogP contribution in [0.3, 0.4) is 0 Å². The van der Waals surface area contributed by atoms with Crippen molar-refractivity contribution < 1.29 is 9.47 Å². The molecular weight excluding hydrogens is 214 g/mol. The molecule has 0 aromatic heterocycles. The van der Waals surface area contributed by atoms with Crippen molar-refractivity contribution in [1.82, 2.24) is 4.90 Å². The molecule has 0 aliphatic rings. The van der Waals surface area contributed by atoms with Crippen molar-refractivity contribution >= 4 is 0 Å². The lowest BCUT2D eigenvalue weighted by Gasteiger charge is -2.20. The van der Waals surface area contributed by atoms with E-state index in [-0.39, 0.29) is 0 Å². The molecule has 0 aliphatic heterocycles. The molecular formula is C14H31NO2. The maximum atomic E-state index is 5.57. The topological polar surface area (TPSA) is 21.7 Å². The number of rotatable bonds is 13. The first kappa shape index (κ1) is 16.9. The largest absolute Gasteiger partial charge is 0.380 e. The van der Waals surface area contributed by atoms with Gasteiger partial charge in [0.15, 0.2) is 0 Å². The summed E-state index contributed by atoms with van der Waals surface area (Å²) in [5.41, 5.74) is 0. The monoisotopic (exact) mass is 245 g/mol. The normalized spacial score (nSPS) is 11.3. The van der Waals surface area contributed by atoms with Crippen molar-refractivity contribution in [3.8, 4) is 0 Å². The van der Waals surface area contributed by atoms with E-state index in [9.17, 15) is 0 Å². The van der Waals surface area contributed by atoms with Crippen LogP contribution >= 0.6 is 0 Å². The standard InChI is InChI=1S/C14H31NO2/c1-4-7-11-16-13-9-15(6-3)10-14-17-12-8-5-2/h4-14H2,1-3H3. The van der Waals surface area contributed by atoms with Crippen LogP contribution in [0.5, 0.6) is 0 Å². The molecule has 104 valence electrons. The Morgan fingerprint density at radius 1 is 0.706 bits per heavy atom. The summed E-state index contributed by atoms with van der Waals surface area (Å²) < 4.78 is 11.1. The van der Waals surface area contributed by atoms with Gasteiger partial charge in [-0.25, -0.2) is 0 Å². The molecule has 3 heteroatoms. The molecule has 0 radical (unpaired) electrons. The van der Waals surface area contributed by atoms with Gasteiger partial charge in [0.1, 0.15) is 0 Å². The number of hydrogen-bond acceptors (Lipinski definition) is 3. The highest BCUT2D eigenvalue weighted by Crippen LogP contribution is 1.93. The van der Waals surface area contributed by atoms with Gasteiger partial charge in [-0.05, 0) is 19.4 Å². The molecule has 0 N–H and O–H groups in total. The Hall–Kier alpha value is -0.120. The molecule has 0 amide bonds. The van der Waals surface area contributed by atoms with Crippen molar-refractivity contribution in [2.24, 2.45) is 0 Å². The Bertz CT molecular complexity index is 128. The molecule has 0 atom stereocenters. The summed E-state index contributed by atoms with van der Waals surface area (Å²) in [6.45, 7) is 13.2. The molecule has 0 bridgehead atoms. The van der Waals surface area contributed by atoms with Crippen LogP contribution in [-0.4, -0.2) is 51.0 Å². The molecule has 0 saturated carbocycles. The van der Waals surface area contributed by atoms with Gasteiger partial charge < -0.3 is 9.47 Å². The summed E-state index contributed by atoms with van der Waals surface area (Å²) in [6, 6.07) is 0. The average Bonchev–Trinajstić information content (AvgIpc) is 2.36. The van der Waals surface area contributed by atoms with E-state index in [1.54, 1.807) is 0 Å². The number of hydrogen-bond donors (Lipinski definition) is 0. The van der Waals surface area contributed by atoms with Gasteiger partial charge in [-0.15, -0.1) is 0 Å². The lowest BCUT2D eigenvalue weighted by molar-refractivity contribution is 0.0748. The van der Waals surface area contributed by atoms with Gasteiger partial charge in [-0.3, -0.25) is 4.90 Å². The molecule has 0 unspecified atom stereocenters. The van der Waals surface area contributed by atoms with E-state index in [0.717, 1.165) is 46.1 Å². The fraction of sp³-hybridized carbons (Fsp3) is 1.00. The highest BCUT2D eigenvalue weighted by atomic mass is 16.5. The highest BCUT2D eigenvalue weighted by Gasteiger charge is 2.01. The van der Waals surface area contributed by atoms with Crippen molar-refractivity contribution in [2.75, 3.05) is 46.1 Å². The second-order valence-corrected chi connectivity index (χ2v) is 4.37. The molecule has 0 rings (SSSR count). The van der Waals surface area contributed by atoms with Gasteiger partial charge in [-0.2, -0.15) is 0 Å². The fourth-order valence-corrected chi connectivity index (χ4v) is 1.51. The predicted octanol–water partition coefficient (Wildman–Crippen LogP) is 2.94. The summed E-state index contributed by atoms with van der Waals surface area (Å²) >= 11 is 0. The van der Waals surface area contributed by atoms with E-state index < -0.39 is 0 Å². The van der Waals surface area contributed by atoms with Gasteiger partial charge in [0, 0.05) is 26.3 Å². The van der Waals surface area contributed by atoms with E-state index in [1.165, 1.54) is 25.7 Å². The quantitative estimate of drug-likeness (QED) is 0.466. The molecule has 0 aromatic rings. The summed E-state index contributed by atoms with van der Waals surface area (Å²) in [6.07, 6.45) is 4.77. The van der Waals surface area contributed by atoms with Crippen LogP contribution in [0.4, 0.5) is 0 Å². The van der Waals surface area contributed by atoms with Gasteiger partial charge in [0.2, 0.25) is 0 Å². The zero-order valence-corrected chi connectivity index (χ0v) is 12.0. The van der Waals surface area contributed by atoms with Gasteiger partial charge >= 0.3 is 0 Å². The van der Waals surface area contributed by atoms with Crippen LogP contribution in [-0.2, 0) is 9.47 Å². The van der Waals surface area contributed by atoms with Crippen molar-refractivity contribution in [3.05, 3.63) is 0 Å². The maximum absolute atomic E-state index is 5.57. The third kappa shape index (κ3) is 12.1. The van der Waals surface area contributed by atoms with E-state index in [0.29, 0.717) is 0 Å². The molecule has 0 heterocycles. The van der Waals surface area contributed by atoms with Gasteiger partial charge in [0.05, 0.1) is 13.2 Å². The van der Waals surface area contributed by atoms with Crippen molar-refractivity contribution in [3.63, 3.8) is 0 Å². The van der Waals surface area contributed by atoms with Crippen LogP contribution < -0.4 is 0 Å². The zero-order chi connectivity index (χ0) is 12.8. The van der Waals surface area contributed by atoms with Crippen LogP contribution in [0.25, 0.3) is 0 Å². The molecule has 0 saturated heterocycles. The number of nitrogens with zero attached hydrogens (tertiary/aromatic N) is 1. The molecule has 0 aliphatic carbocycles. The third-order valence-electron chi connectivity index (χ3n) is 2.84. The molecule has 0 aromatic carbocycles. The fourth-order valence-electron chi connectivity index (χ4n) is 1.51. The number of unbranched alkanes of at least 4 members (excludes halogenated alkanes) is 2. The van der Waals surface area contributed by atoms with Crippen LogP contribution in [0.15, 0.2) is 0 Å². The third-order valence-corrected chi connectivity index (χ3v) is 2.84. The van der Waals surface area contributed by atoms with E-state index in [4.69, 9.17) is 9.47 Å². The summed E-state index contributed by atoms with van der Waals surface area (Å²) in [5.74, 6) is 0. The van der Waals surface area contributed by atoms with Crippen LogP contribution in [0.2, 0.25) is 0 Å². The SMILES string of the molecule is CCCCOCCN(CC)CCOCCCC. The number of ether oxygens (including phenoxy) is 2. The first-order chi connectivity index (χ1) is 8.35. The van der Waals surface area contributed by atoms with Crippen molar-refractivity contribution in [1.29, 1.82) is 0 Å².